The predicted octanol–water partition coefficient (Wildman–Crippen LogP) is 4.24. The summed E-state index contributed by atoms with van der Waals surface area (Å²) in [6.07, 6.45) is 2.67. The Balaban J connectivity index is 1.65. The van der Waals surface area contributed by atoms with Crippen LogP contribution < -0.4 is 0 Å². The molecule has 1 aliphatic rings. The van der Waals surface area contributed by atoms with E-state index in [2.05, 4.69) is 4.98 Å². The lowest BCUT2D eigenvalue weighted by Gasteiger charge is -2.32. The summed E-state index contributed by atoms with van der Waals surface area (Å²) in [5.41, 5.74) is 0.457. The number of carboxylic acid groups (broad SMARTS) is 1. The average Bonchev–Trinajstić information content (AvgIpc) is 3.21. The molecule has 2 aromatic heterocycles. The summed E-state index contributed by atoms with van der Waals surface area (Å²) >= 11 is 8.83. The van der Waals surface area contributed by atoms with E-state index in [1.165, 1.54) is 22.7 Å². The number of hydrogen-bond acceptors (Lipinski definition) is 5. The summed E-state index contributed by atoms with van der Waals surface area (Å²) in [4.78, 5) is 30.6. The van der Waals surface area contributed by atoms with Crippen LogP contribution in [0.25, 0.3) is 9.88 Å². The van der Waals surface area contributed by atoms with Gasteiger partial charge in [0.2, 0.25) is 0 Å². The Morgan fingerprint density at radius 3 is 2.96 bits per heavy atom. The zero-order valence-corrected chi connectivity index (χ0v) is 15.3. The van der Waals surface area contributed by atoms with Crippen molar-refractivity contribution in [2.75, 3.05) is 13.1 Å². The van der Waals surface area contributed by atoms with Crippen molar-refractivity contribution in [1.29, 1.82) is 0 Å². The Kier molecular flexibility index (Phi) is 5.53. The molecular weight excluding hydrogens is 368 g/mol. The topological polar surface area (TPSA) is 70.5 Å². The Labute approximate surface area is 152 Å². The monoisotopic (exact) mass is 384 g/mol. The molecule has 1 aliphatic heterocycles. The number of carboxylic acids is 1. The van der Waals surface area contributed by atoms with Gasteiger partial charge in [0.15, 0.2) is 0 Å². The van der Waals surface area contributed by atoms with Crippen molar-refractivity contribution >= 4 is 46.2 Å². The maximum atomic E-state index is 12.7. The van der Waals surface area contributed by atoms with Gasteiger partial charge in [0.1, 0.15) is 10.7 Å². The lowest BCUT2D eigenvalue weighted by Crippen LogP contribution is -2.40. The number of thiazole rings is 1. The second-order valence-electron chi connectivity index (χ2n) is 5.83. The number of rotatable bonds is 5. The fourth-order valence-electron chi connectivity index (χ4n) is 2.89. The molecule has 0 radical (unpaired) electrons. The number of halogens is 1. The van der Waals surface area contributed by atoms with Crippen molar-refractivity contribution in [2.24, 2.45) is 5.92 Å². The molecule has 0 saturated carbocycles. The quantitative estimate of drug-likeness (QED) is 0.836. The first-order valence-electron chi connectivity index (χ1n) is 7.75. The van der Waals surface area contributed by atoms with E-state index in [0.717, 1.165) is 22.7 Å². The normalized spacial score (nSPS) is 17.9. The molecule has 1 fully saturated rings. The highest BCUT2D eigenvalue weighted by atomic mass is 35.5. The lowest BCUT2D eigenvalue weighted by molar-refractivity contribution is -0.137. The van der Waals surface area contributed by atoms with E-state index in [9.17, 15) is 9.59 Å². The number of thiophene rings is 1. The highest BCUT2D eigenvalue weighted by Gasteiger charge is 2.26. The van der Waals surface area contributed by atoms with Crippen LogP contribution in [0.3, 0.4) is 0 Å². The van der Waals surface area contributed by atoms with Crippen molar-refractivity contribution in [1.82, 2.24) is 9.88 Å². The van der Waals surface area contributed by atoms with Crippen LogP contribution in [0.1, 0.15) is 36.2 Å². The fourth-order valence-corrected chi connectivity index (χ4v) is 4.80. The first-order chi connectivity index (χ1) is 11.5. The third kappa shape index (κ3) is 4.15. The van der Waals surface area contributed by atoms with E-state index < -0.39 is 5.97 Å². The van der Waals surface area contributed by atoms with E-state index in [1.807, 2.05) is 12.1 Å². The van der Waals surface area contributed by atoms with Crippen molar-refractivity contribution < 1.29 is 14.7 Å². The van der Waals surface area contributed by atoms with Crippen LogP contribution >= 0.6 is 34.3 Å². The standard InChI is InChI=1S/C16H17ClN2O3S2/c17-13-5-4-12(24-13)15-18-11(9-23-15)16(22)19-7-1-2-10(8-19)3-6-14(20)21/h4-5,9-10H,1-3,6-8H2,(H,20,21)/t10-/m1/s1. The number of carbonyl (C=O) groups excluding carboxylic acids is 1. The van der Waals surface area contributed by atoms with Gasteiger partial charge in [0.05, 0.1) is 9.21 Å². The van der Waals surface area contributed by atoms with Crippen molar-refractivity contribution in [3.8, 4) is 9.88 Å². The summed E-state index contributed by atoms with van der Waals surface area (Å²) in [5, 5.41) is 11.4. The van der Waals surface area contributed by atoms with Crippen molar-refractivity contribution in [2.45, 2.75) is 25.7 Å². The van der Waals surface area contributed by atoms with Gasteiger partial charge in [0.25, 0.3) is 5.91 Å². The summed E-state index contributed by atoms with van der Waals surface area (Å²) in [6, 6.07) is 3.73. The molecule has 1 saturated heterocycles. The highest BCUT2D eigenvalue weighted by Crippen LogP contribution is 2.33. The zero-order chi connectivity index (χ0) is 17.1. The van der Waals surface area contributed by atoms with Gasteiger partial charge in [-0.05, 0) is 37.3 Å². The van der Waals surface area contributed by atoms with Gasteiger partial charge in [-0.3, -0.25) is 9.59 Å². The molecule has 1 atom stereocenters. The zero-order valence-electron chi connectivity index (χ0n) is 12.9. The largest absolute Gasteiger partial charge is 0.481 e. The summed E-state index contributed by atoms with van der Waals surface area (Å²) in [5.74, 6) is -0.592. The van der Waals surface area contributed by atoms with Crippen LogP contribution in [-0.4, -0.2) is 40.0 Å². The molecule has 0 spiro atoms. The van der Waals surface area contributed by atoms with Crippen LogP contribution in [0.2, 0.25) is 4.34 Å². The van der Waals surface area contributed by atoms with Gasteiger partial charge in [-0.2, -0.15) is 0 Å². The van der Waals surface area contributed by atoms with Gasteiger partial charge < -0.3 is 10.0 Å². The molecular formula is C16H17ClN2O3S2. The molecule has 1 N–H and O–H groups in total. The van der Waals surface area contributed by atoms with Crippen LogP contribution in [0.5, 0.6) is 0 Å². The van der Waals surface area contributed by atoms with E-state index in [-0.39, 0.29) is 18.2 Å². The molecule has 8 heteroatoms. The Morgan fingerprint density at radius 1 is 1.42 bits per heavy atom. The van der Waals surface area contributed by atoms with Crippen LogP contribution in [0.4, 0.5) is 0 Å². The minimum Gasteiger partial charge on any atom is -0.481 e. The Hall–Kier alpha value is -1.44. The van der Waals surface area contributed by atoms with E-state index in [0.29, 0.717) is 29.5 Å². The Bertz CT molecular complexity index is 743. The summed E-state index contributed by atoms with van der Waals surface area (Å²) in [7, 11) is 0. The van der Waals surface area contributed by atoms with E-state index in [1.54, 1.807) is 10.3 Å². The predicted molar refractivity (Wildman–Crippen MR) is 95.9 cm³/mol. The number of piperidine rings is 1. The molecule has 3 rings (SSSR count). The minimum atomic E-state index is -0.780. The van der Waals surface area contributed by atoms with Crippen LogP contribution in [0.15, 0.2) is 17.5 Å². The fraction of sp³-hybridized carbons (Fsp3) is 0.438. The van der Waals surface area contributed by atoms with Gasteiger partial charge in [-0.25, -0.2) is 4.98 Å². The SMILES string of the molecule is O=C(O)CC[C@H]1CCCN(C(=O)c2csc(-c3ccc(Cl)s3)n2)C1. The van der Waals surface area contributed by atoms with Gasteiger partial charge >= 0.3 is 5.97 Å². The number of carbonyl (C=O) groups is 2. The number of likely N-dealkylation sites (tertiary alicyclic amines) is 1. The number of hydrogen-bond donors (Lipinski definition) is 1. The van der Waals surface area contributed by atoms with Gasteiger partial charge in [-0.1, -0.05) is 11.6 Å². The van der Waals surface area contributed by atoms with Crippen LogP contribution in [0, 0.1) is 5.92 Å². The van der Waals surface area contributed by atoms with Gasteiger partial charge in [0, 0.05) is 24.9 Å². The van der Waals surface area contributed by atoms with E-state index >= 15 is 0 Å². The third-order valence-electron chi connectivity index (χ3n) is 4.08. The first kappa shape index (κ1) is 17.4. The Morgan fingerprint density at radius 2 is 2.25 bits per heavy atom. The maximum absolute atomic E-state index is 12.7. The summed E-state index contributed by atoms with van der Waals surface area (Å²) < 4.78 is 0.699. The first-order valence-corrected chi connectivity index (χ1v) is 9.82. The molecule has 3 heterocycles. The third-order valence-corrected chi connectivity index (χ3v) is 6.32. The number of amides is 1. The molecule has 1 amide bonds. The smallest absolute Gasteiger partial charge is 0.303 e. The number of aromatic nitrogens is 1. The molecule has 5 nitrogen and oxygen atoms in total. The second-order valence-corrected chi connectivity index (χ2v) is 8.41. The number of aliphatic carboxylic acids is 1. The number of nitrogens with zero attached hydrogens (tertiary/aromatic N) is 2. The minimum absolute atomic E-state index is 0.0693. The highest BCUT2D eigenvalue weighted by molar-refractivity contribution is 7.23. The average molecular weight is 385 g/mol. The second kappa shape index (κ2) is 7.63. The van der Waals surface area contributed by atoms with Crippen molar-refractivity contribution in [3.63, 3.8) is 0 Å². The molecule has 0 bridgehead atoms. The lowest BCUT2D eigenvalue weighted by atomic mass is 9.93. The molecule has 24 heavy (non-hydrogen) atoms. The van der Waals surface area contributed by atoms with Gasteiger partial charge in [-0.15, -0.1) is 22.7 Å². The maximum Gasteiger partial charge on any atom is 0.303 e. The molecule has 0 aromatic carbocycles. The molecule has 0 aliphatic carbocycles. The molecule has 2 aromatic rings. The molecule has 0 unspecified atom stereocenters. The summed E-state index contributed by atoms with van der Waals surface area (Å²) in [6.45, 7) is 1.32. The van der Waals surface area contributed by atoms with Crippen molar-refractivity contribution in [3.05, 3.63) is 27.5 Å². The van der Waals surface area contributed by atoms with E-state index in [4.69, 9.17) is 16.7 Å². The van der Waals surface area contributed by atoms with Crippen LogP contribution in [-0.2, 0) is 4.79 Å². The molecule has 128 valence electrons.